The zero-order chi connectivity index (χ0) is 13.4. The monoisotopic (exact) mass is 288 g/mol. The zero-order valence-corrected chi connectivity index (χ0v) is 11.8. The van der Waals surface area contributed by atoms with Gasteiger partial charge in [-0.15, -0.1) is 0 Å². The molecule has 0 amide bonds. The number of nitrogens with two attached hydrogens (primary N) is 1. The predicted octanol–water partition coefficient (Wildman–Crippen LogP) is 2.39. The molecule has 100 valence electrons. The molecule has 0 heterocycles. The molecule has 2 rings (SSSR count). The van der Waals surface area contributed by atoms with Crippen molar-refractivity contribution in [2.24, 2.45) is 5.41 Å². The summed E-state index contributed by atoms with van der Waals surface area (Å²) in [5, 5.41) is 0.428. The Balaban J connectivity index is 2.15. The van der Waals surface area contributed by atoms with E-state index in [2.05, 4.69) is 11.6 Å². The van der Waals surface area contributed by atoms with Gasteiger partial charge in [-0.3, -0.25) is 0 Å². The van der Waals surface area contributed by atoms with Crippen molar-refractivity contribution in [1.82, 2.24) is 4.72 Å². The third kappa shape index (κ3) is 2.79. The van der Waals surface area contributed by atoms with E-state index in [-0.39, 0.29) is 16.0 Å². The van der Waals surface area contributed by atoms with Crippen molar-refractivity contribution in [3.63, 3.8) is 0 Å². The van der Waals surface area contributed by atoms with E-state index in [1.54, 1.807) is 0 Å². The van der Waals surface area contributed by atoms with Crippen LogP contribution in [-0.4, -0.2) is 15.0 Å². The van der Waals surface area contributed by atoms with Crippen LogP contribution < -0.4 is 10.5 Å². The van der Waals surface area contributed by atoms with Crippen LogP contribution in [0.2, 0.25) is 5.02 Å². The van der Waals surface area contributed by atoms with Gasteiger partial charge in [-0.1, -0.05) is 24.9 Å². The van der Waals surface area contributed by atoms with E-state index >= 15 is 0 Å². The van der Waals surface area contributed by atoms with E-state index < -0.39 is 10.0 Å². The Bertz CT molecular complexity index is 553. The third-order valence-electron chi connectivity index (χ3n) is 3.51. The fourth-order valence-electron chi connectivity index (χ4n) is 2.07. The van der Waals surface area contributed by atoms with Gasteiger partial charge in [0.25, 0.3) is 0 Å². The van der Waals surface area contributed by atoms with E-state index in [0.29, 0.717) is 11.6 Å². The minimum atomic E-state index is -3.55. The number of halogens is 1. The highest BCUT2D eigenvalue weighted by atomic mass is 35.5. The maximum atomic E-state index is 12.1. The van der Waals surface area contributed by atoms with E-state index in [1.165, 1.54) is 24.6 Å². The average molecular weight is 289 g/mol. The van der Waals surface area contributed by atoms with Crippen LogP contribution in [0.5, 0.6) is 0 Å². The summed E-state index contributed by atoms with van der Waals surface area (Å²) in [6.45, 7) is 2.54. The van der Waals surface area contributed by atoms with Crippen LogP contribution in [0.1, 0.15) is 26.2 Å². The Labute approximate surface area is 113 Å². The molecule has 1 aliphatic rings. The van der Waals surface area contributed by atoms with Crippen LogP contribution in [-0.2, 0) is 10.0 Å². The van der Waals surface area contributed by atoms with Gasteiger partial charge in [-0.05, 0) is 36.5 Å². The maximum absolute atomic E-state index is 12.1. The Kier molecular flexibility index (Phi) is 3.58. The molecule has 1 aromatic carbocycles. The lowest BCUT2D eigenvalue weighted by Crippen LogP contribution is -2.40. The summed E-state index contributed by atoms with van der Waals surface area (Å²) in [5.74, 6) is 0. The van der Waals surface area contributed by atoms with Crippen molar-refractivity contribution in [2.45, 2.75) is 31.1 Å². The number of sulfonamides is 1. The van der Waals surface area contributed by atoms with Gasteiger partial charge in [-0.2, -0.15) is 0 Å². The molecule has 1 saturated carbocycles. The van der Waals surface area contributed by atoms with Crippen molar-refractivity contribution in [2.75, 3.05) is 12.3 Å². The van der Waals surface area contributed by atoms with Crippen molar-refractivity contribution >= 4 is 27.3 Å². The second-order valence-corrected chi connectivity index (χ2v) is 7.34. The fourth-order valence-corrected chi connectivity index (χ4v) is 3.56. The normalized spacial score (nSPS) is 18.3. The highest BCUT2D eigenvalue weighted by Crippen LogP contribution is 2.39. The standard InChI is InChI=1S/C12H17ClN2O2S/c1-12(5-2-6-12)8-15-18(16,17)11-4-3-9(13)7-10(11)14/h3-4,7,15H,2,5-6,8,14H2,1H3. The molecule has 0 aliphatic heterocycles. The molecule has 0 atom stereocenters. The highest BCUT2D eigenvalue weighted by Gasteiger charge is 2.33. The van der Waals surface area contributed by atoms with Gasteiger partial charge in [0.15, 0.2) is 0 Å². The van der Waals surface area contributed by atoms with Crippen LogP contribution in [0, 0.1) is 5.41 Å². The SMILES string of the molecule is CC1(CNS(=O)(=O)c2ccc(Cl)cc2N)CCC1. The molecular formula is C12H17ClN2O2S. The first-order valence-electron chi connectivity index (χ1n) is 5.87. The summed E-state index contributed by atoms with van der Waals surface area (Å²) in [6, 6.07) is 4.40. The number of nitrogen functional groups attached to an aromatic ring is 1. The van der Waals surface area contributed by atoms with Crippen LogP contribution in [0.15, 0.2) is 23.1 Å². The Morgan fingerprint density at radius 1 is 1.44 bits per heavy atom. The van der Waals surface area contributed by atoms with Crippen LogP contribution in [0.25, 0.3) is 0 Å². The van der Waals surface area contributed by atoms with E-state index in [0.717, 1.165) is 12.8 Å². The van der Waals surface area contributed by atoms with Crippen molar-refractivity contribution in [3.8, 4) is 0 Å². The Hall–Kier alpha value is -0.780. The van der Waals surface area contributed by atoms with Gasteiger partial charge in [0.05, 0.1) is 5.69 Å². The first-order valence-corrected chi connectivity index (χ1v) is 7.73. The zero-order valence-electron chi connectivity index (χ0n) is 10.2. The molecule has 0 spiro atoms. The molecule has 6 heteroatoms. The maximum Gasteiger partial charge on any atom is 0.242 e. The minimum Gasteiger partial charge on any atom is -0.398 e. The number of hydrogen-bond acceptors (Lipinski definition) is 3. The molecule has 0 radical (unpaired) electrons. The molecule has 1 fully saturated rings. The van der Waals surface area contributed by atoms with Crippen molar-refractivity contribution in [1.29, 1.82) is 0 Å². The summed E-state index contributed by atoms with van der Waals surface area (Å²) in [6.07, 6.45) is 3.29. The van der Waals surface area contributed by atoms with Gasteiger partial charge in [0.1, 0.15) is 4.90 Å². The quantitative estimate of drug-likeness (QED) is 0.836. The van der Waals surface area contributed by atoms with E-state index in [4.69, 9.17) is 17.3 Å². The molecule has 0 aromatic heterocycles. The summed E-state index contributed by atoms with van der Waals surface area (Å²) in [7, 11) is -3.55. The molecule has 0 saturated heterocycles. The molecule has 1 aromatic rings. The second-order valence-electron chi connectivity index (χ2n) is 5.17. The molecule has 0 bridgehead atoms. The third-order valence-corrected chi connectivity index (χ3v) is 5.22. The first kappa shape index (κ1) is 13.6. The van der Waals surface area contributed by atoms with Crippen molar-refractivity contribution < 1.29 is 8.42 Å². The molecule has 18 heavy (non-hydrogen) atoms. The van der Waals surface area contributed by atoms with E-state index in [1.807, 2.05) is 0 Å². The molecular weight excluding hydrogens is 272 g/mol. The molecule has 1 aliphatic carbocycles. The number of hydrogen-bond donors (Lipinski definition) is 2. The molecule has 0 unspecified atom stereocenters. The molecule has 3 N–H and O–H groups in total. The van der Waals surface area contributed by atoms with Gasteiger partial charge in [0, 0.05) is 11.6 Å². The summed E-state index contributed by atoms with van der Waals surface area (Å²) < 4.78 is 26.9. The topological polar surface area (TPSA) is 72.2 Å². The first-order chi connectivity index (χ1) is 8.32. The van der Waals surface area contributed by atoms with Crippen LogP contribution in [0.3, 0.4) is 0 Å². The smallest absolute Gasteiger partial charge is 0.242 e. The van der Waals surface area contributed by atoms with Crippen LogP contribution in [0.4, 0.5) is 5.69 Å². The van der Waals surface area contributed by atoms with Gasteiger partial charge in [-0.25, -0.2) is 13.1 Å². The fraction of sp³-hybridized carbons (Fsp3) is 0.500. The minimum absolute atomic E-state index is 0.0915. The summed E-state index contributed by atoms with van der Waals surface area (Å²) in [5.41, 5.74) is 5.96. The number of anilines is 1. The second kappa shape index (κ2) is 4.72. The van der Waals surface area contributed by atoms with Crippen LogP contribution >= 0.6 is 11.6 Å². The Morgan fingerprint density at radius 2 is 2.11 bits per heavy atom. The predicted molar refractivity (Wildman–Crippen MR) is 73.0 cm³/mol. The van der Waals surface area contributed by atoms with Gasteiger partial charge >= 0.3 is 0 Å². The lowest BCUT2D eigenvalue weighted by atomic mass is 9.71. The molecule has 4 nitrogen and oxygen atoms in total. The van der Waals surface area contributed by atoms with Gasteiger partial charge in [0.2, 0.25) is 10.0 Å². The highest BCUT2D eigenvalue weighted by molar-refractivity contribution is 7.89. The number of rotatable bonds is 4. The van der Waals surface area contributed by atoms with Crippen molar-refractivity contribution in [3.05, 3.63) is 23.2 Å². The van der Waals surface area contributed by atoms with Gasteiger partial charge < -0.3 is 5.73 Å². The summed E-state index contributed by atoms with van der Waals surface area (Å²) >= 11 is 5.75. The summed E-state index contributed by atoms with van der Waals surface area (Å²) in [4.78, 5) is 0.0924. The lowest BCUT2D eigenvalue weighted by Gasteiger charge is -2.38. The largest absolute Gasteiger partial charge is 0.398 e. The Morgan fingerprint density at radius 3 is 2.61 bits per heavy atom. The lowest BCUT2D eigenvalue weighted by molar-refractivity contribution is 0.166. The van der Waals surface area contributed by atoms with E-state index in [9.17, 15) is 8.42 Å². The number of nitrogens with one attached hydrogen (secondary N) is 1. The average Bonchev–Trinajstić information content (AvgIpc) is 2.23. The number of benzene rings is 1.